The lowest BCUT2D eigenvalue weighted by atomic mass is 10.2. The highest BCUT2D eigenvalue weighted by atomic mass is 28.4. The van der Waals surface area contributed by atoms with Crippen LogP contribution in [0.4, 0.5) is 0 Å². The summed E-state index contributed by atoms with van der Waals surface area (Å²) >= 11 is 0. The van der Waals surface area contributed by atoms with Gasteiger partial charge in [-0.15, -0.1) is 0 Å². The van der Waals surface area contributed by atoms with Gasteiger partial charge >= 0.3 is 0 Å². The molecule has 114 valence electrons. The predicted molar refractivity (Wildman–Crippen MR) is 93.4 cm³/mol. The van der Waals surface area contributed by atoms with E-state index in [2.05, 4.69) is 66.6 Å². The minimum absolute atomic E-state index is 0.215. The molecule has 0 aliphatic rings. The Labute approximate surface area is 123 Å². The van der Waals surface area contributed by atoms with E-state index in [0.29, 0.717) is 0 Å². The van der Waals surface area contributed by atoms with E-state index in [9.17, 15) is 0 Å². The Kier molecular flexibility index (Phi) is 7.21. The van der Waals surface area contributed by atoms with E-state index in [1.165, 1.54) is 12.8 Å². The first-order valence-electron chi connectivity index (χ1n) is 7.62. The molecule has 2 nitrogen and oxygen atoms in total. The molecule has 0 aliphatic carbocycles. The summed E-state index contributed by atoms with van der Waals surface area (Å²) in [6.45, 7) is 20.6. The second-order valence-electron chi connectivity index (χ2n) is 8.01. The van der Waals surface area contributed by atoms with Gasteiger partial charge in [-0.25, -0.2) is 0 Å². The average Bonchev–Trinajstić information content (AvgIpc) is 2.19. The van der Waals surface area contributed by atoms with Crippen molar-refractivity contribution in [2.45, 2.75) is 90.8 Å². The molecule has 0 fully saturated rings. The molecule has 4 heteroatoms. The topological polar surface area (TPSA) is 21.6 Å². The number of hydrogen-bond donors (Lipinski definition) is 0. The molecular formula is C15H35NOSi2. The second-order valence-corrected chi connectivity index (χ2v) is 17.4. The van der Waals surface area contributed by atoms with E-state index >= 15 is 0 Å². The number of nitrogens with zero attached hydrogens (tertiary/aromatic N) is 1. The smallest absolute Gasteiger partial charge is 0.192 e. The molecule has 1 atom stereocenters. The van der Waals surface area contributed by atoms with Crippen LogP contribution in [0.15, 0.2) is 4.66 Å². The van der Waals surface area contributed by atoms with Gasteiger partial charge in [0.1, 0.15) is 0 Å². The van der Waals surface area contributed by atoms with Gasteiger partial charge in [0, 0.05) is 6.21 Å². The molecule has 0 heterocycles. The summed E-state index contributed by atoms with van der Waals surface area (Å²) in [5.74, 6) is 0. The van der Waals surface area contributed by atoms with Gasteiger partial charge in [-0.2, -0.15) is 0 Å². The highest BCUT2D eigenvalue weighted by molar-refractivity contribution is 6.75. The van der Waals surface area contributed by atoms with E-state index in [0.717, 1.165) is 6.42 Å². The zero-order valence-corrected chi connectivity index (χ0v) is 16.6. The van der Waals surface area contributed by atoms with Crippen molar-refractivity contribution in [1.82, 2.24) is 0 Å². The van der Waals surface area contributed by atoms with E-state index in [1.807, 2.05) is 0 Å². The van der Waals surface area contributed by atoms with Gasteiger partial charge < -0.3 is 9.08 Å². The molecule has 19 heavy (non-hydrogen) atoms. The lowest BCUT2D eigenvalue weighted by molar-refractivity contribution is 0.232. The molecule has 0 saturated carbocycles. The summed E-state index contributed by atoms with van der Waals surface area (Å²) < 4.78 is 11.3. The van der Waals surface area contributed by atoms with Crippen LogP contribution in [0.25, 0.3) is 0 Å². The van der Waals surface area contributed by atoms with Gasteiger partial charge in [-0.05, 0) is 44.2 Å². The first kappa shape index (κ1) is 19.1. The normalized spacial score (nSPS) is 16.1. The fourth-order valence-electron chi connectivity index (χ4n) is 1.43. The molecule has 0 rings (SSSR count). The SMILES string of the molecule is CCCC[C@@H](/C=N/[Si](C)(C)C)O[Si](C)(C)C(C)(C)C. The van der Waals surface area contributed by atoms with Crippen molar-refractivity contribution >= 4 is 22.8 Å². The van der Waals surface area contributed by atoms with Crippen molar-refractivity contribution in [2.75, 3.05) is 0 Å². The third-order valence-electron chi connectivity index (χ3n) is 3.72. The molecule has 0 unspecified atom stereocenters. The third kappa shape index (κ3) is 8.05. The molecule has 0 aromatic heterocycles. The van der Waals surface area contributed by atoms with Crippen LogP contribution in [0.3, 0.4) is 0 Å². The Morgan fingerprint density at radius 3 is 2.00 bits per heavy atom. The zero-order valence-electron chi connectivity index (χ0n) is 14.6. The van der Waals surface area contributed by atoms with Crippen LogP contribution < -0.4 is 0 Å². The van der Waals surface area contributed by atoms with E-state index < -0.39 is 16.6 Å². The van der Waals surface area contributed by atoms with Crippen LogP contribution in [0, 0.1) is 0 Å². The average molecular weight is 302 g/mol. The molecule has 0 spiro atoms. The molecule has 0 radical (unpaired) electrons. The number of rotatable bonds is 7. The number of hydrogen-bond acceptors (Lipinski definition) is 2. The quantitative estimate of drug-likeness (QED) is 0.451. The highest BCUT2D eigenvalue weighted by Crippen LogP contribution is 2.37. The Hall–Kier alpha value is 0.0638. The van der Waals surface area contributed by atoms with Crippen LogP contribution >= 0.6 is 0 Å². The van der Waals surface area contributed by atoms with Crippen LogP contribution in [-0.4, -0.2) is 28.9 Å². The molecule has 0 saturated heterocycles. The Bertz CT molecular complexity index is 288. The maximum absolute atomic E-state index is 6.51. The van der Waals surface area contributed by atoms with Crippen LogP contribution in [-0.2, 0) is 4.43 Å². The van der Waals surface area contributed by atoms with Gasteiger partial charge in [-0.3, -0.25) is 0 Å². The lowest BCUT2D eigenvalue weighted by Crippen LogP contribution is -2.44. The van der Waals surface area contributed by atoms with Crippen molar-refractivity contribution in [3.63, 3.8) is 0 Å². The van der Waals surface area contributed by atoms with Crippen LogP contribution in [0.2, 0.25) is 37.8 Å². The zero-order chi connectivity index (χ0) is 15.3. The van der Waals surface area contributed by atoms with Crippen LogP contribution in [0.1, 0.15) is 47.0 Å². The summed E-state index contributed by atoms with van der Waals surface area (Å²) in [6.07, 6.45) is 5.88. The Balaban J connectivity index is 4.82. The second kappa shape index (κ2) is 7.18. The minimum atomic E-state index is -1.69. The van der Waals surface area contributed by atoms with Crippen LogP contribution in [0.5, 0.6) is 0 Å². The summed E-state index contributed by atoms with van der Waals surface area (Å²) in [6, 6.07) is 0. The number of unbranched alkanes of at least 4 members (excludes halogenated alkanes) is 1. The molecule has 0 aromatic carbocycles. The van der Waals surface area contributed by atoms with Crippen molar-refractivity contribution < 1.29 is 4.43 Å². The van der Waals surface area contributed by atoms with Gasteiger partial charge in [0.25, 0.3) is 0 Å². The molecular weight excluding hydrogens is 266 g/mol. The maximum atomic E-state index is 6.51. The summed E-state index contributed by atoms with van der Waals surface area (Å²) in [5.41, 5.74) is 0. The standard InChI is InChI=1S/C15H35NOSi2/c1-10-11-12-14(13-16-18(5,6)7)17-19(8,9)15(2,3)4/h13-14H,10-12H2,1-9H3/b16-13+/t14-/m0/s1. The van der Waals surface area contributed by atoms with Crippen molar-refractivity contribution in [3.05, 3.63) is 0 Å². The van der Waals surface area contributed by atoms with Gasteiger partial charge in [0.15, 0.2) is 16.6 Å². The molecule has 0 aliphatic heterocycles. The summed E-state index contributed by atoms with van der Waals surface area (Å²) in [5, 5.41) is 0.268. The Morgan fingerprint density at radius 1 is 1.11 bits per heavy atom. The third-order valence-corrected chi connectivity index (χ3v) is 9.15. The van der Waals surface area contributed by atoms with Gasteiger partial charge in [-0.1, -0.05) is 40.5 Å². The maximum Gasteiger partial charge on any atom is 0.192 e. The van der Waals surface area contributed by atoms with Gasteiger partial charge in [0.05, 0.1) is 6.10 Å². The first-order chi connectivity index (χ1) is 8.39. The minimum Gasteiger partial charge on any atom is -0.409 e. The lowest BCUT2D eigenvalue weighted by Gasteiger charge is -2.38. The molecule has 0 N–H and O–H groups in total. The summed E-state index contributed by atoms with van der Waals surface area (Å²) in [4.78, 5) is 0. The fourth-order valence-corrected chi connectivity index (χ4v) is 3.33. The van der Waals surface area contributed by atoms with E-state index in [4.69, 9.17) is 9.08 Å². The molecule has 0 amide bonds. The van der Waals surface area contributed by atoms with E-state index in [-0.39, 0.29) is 11.1 Å². The summed E-state index contributed by atoms with van der Waals surface area (Å²) in [7, 11) is -3.07. The largest absolute Gasteiger partial charge is 0.409 e. The molecule has 0 bridgehead atoms. The van der Waals surface area contributed by atoms with Gasteiger partial charge in [0.2, 0.25) is 0 Å². The van der Waals surface area contributed by atoms with E-state index in [1.54, 1.807) is 0 Å². The fraction of sp³-hybridized carbons (Fsp3) is 0.933. The first-order valence-corrected chi connectivity index (χ1v) is 14.0. The monoisotopic (exact) mass is 301 g/mol. The van der Waals surface area contributed by atoms with Crippen molar-refractivity contribution in [2.24, 2.45) is 4.66 Å². The van der Waals surface area contributed by atoms with Crippen molar-refractivity contribution in [1.29, 1.82) is 0 Å². The highest BCUT2D eigenvalue weighted by Gasteiger charge is 2.38. The molecule has 0 aromatic rings. The van der Waals surface area contributed by atoms with Crippen molar-refractivity contribution in [3.8, 4) is 0 Å². The predicted octanol–water partition coefficient (Wildman–Crippen LogP) is 5.47. The Morgan fingerprint density at radius 2 is 1.63 bits per heavy atom.